The first-order valence-electron chi connectivity index (χ1n) is 6.02. The summed E-state index contributed by atoms with van der Waals surface area (Å²) in [6.45, 7) is -0.0784. The van der Waals surface area contributed by atoms with Gasteiger partial charge in [-0.1, -0.05) is 60.7 Å². The van der Waals surface area contributed by atoms with Gasteiger partial charge in [0.1, 0.15) is 12.7 Å². The highest BCUT2D eigenvalue weighted by Gasteiger charge is 2.15. The Morgan fingerprint density at radius 3 is 1.89 bits per heavy atom. The minimum atomic E-state index is -0.350. The van der Waals surface area contributed by atoms with Crippen LogP contribution in [0, 0.1) is 0 Å². The van der Waals surface area contributed by atoms with Crippen molar-refractivity contribution >= 4 is 5.91 Å². The van der Waals surface area contributed by atoms with E-state index in [4.69, 9.17) is 10.6 Å². The molecule has 4 nitrogen and oxygen atoms in total. The van der Waals surface area contributed by atoms with E-state index < -0.39 is 0 Å². The zero-order chi connectivity index (χ0) is 13.5. The molecule has 2 rings (SSSR count). The van der Waals surface area contributed by atoms with Gasteiger partial charge in [-0.15, -0.1) is 0 Å². The summed E-state index contributed by atoms with van der Waals surface area (Å²) in [6.07, 6.45) is -0.278. The van der Waals surface area contributed by atoms with E-state index >= 15 is 0 Å². The van der Waals surface area contributed by atoms with Crippen molar-refractivity contribution in [3.63, 3.8) is 0 Å². The highest BCUT2D eigenvalue weighted by atomic mass is 16.5. The fraction of sp³-hybridized carbons (Fsp3) is 0.133. The van der Waals surface area contributed by atoms with Crippen LogP contribution in [0.1, 0.15) is 17.2 Å². The zero-order valence-electron chi connectivity index (χ0n) is 10.5. The third kappa shape index (κ3) is 3.64. The maximum Gasteiger partial charge on any atom is 0.259 e. The van der Waals surface area contributed by atoms with Crippen molar-refractivity contribution in [1.29, 1.82) is 0 Å². The second-order valence-electron chi connectivity index (χ2n) is 4.08. The molecule has 0 radical (unpaired) electrons. The first-order chi connectivity index (χ1) is 9.31. The number of amides is 1. The van der Waals surface area contributed by atoms with Crippen LogP contribution in [0.25, 0.3) is 0 Å². The number of hydrogen-bond acceptors (Lipinski definition) is 3. The Hall–Kier alpha value is -2.17. The van der Waals surface area contributed by atoms with E-state index in [0.29, 0.717) is 0 Å². The molecule has 2 aromatic rings. The third-order valence-electron chi connectivity index (χ3n) is 2.75. The molecular formula is C15H16N2O2. The van der Waals surface area contributed by atoms with Gasteiger partial charge in [0.25, 0.3) is 5.91 Å². The van der Waals surface area contributed by atoms with Gasteiger partial charge in [-0.3, -0.25) is 10.2 Å². The Bertz CT molecular complexity index is 475. The van der Waals surface area contributed by atoms with Crippen LogP contribution in [0.4, 0.5) is 0 Å². The van der Waals surface area contributed by atoms with Crippen LogP contribution in [0.3, 0.4) is 0 Å². The van der Waals surface area contributed by atoms with Crippen LogP contribution in [0.5, 0.6) is 0 Å². The molecule has 0 atom stereocenters. The summed E-state index contributed by atoms with van der Waals surface area (Å²) in [7, 11) is 0. The lowest BCUT2D eigenvalue weighted by atomic mass is 10.0. The molecule has 98 valence electrons. The Labute approximate surface area is 112 Å². The van der Waals surface area contributed by atoms with E-state index in [1.54, 1.807) is 0 Å². The molecule has 0 bridgehead atoms. The van der Waals surface area contributed by atoms with Crippen molar-refractivity contribution in [2.24, 2.45) is 5.84 Å². The SMILES string of the molecule is NNC(=O)COC(c1ccccc1)c1ccccc1. The number of carbonyl (C=O) groups is 1. The molecule has 0 heterocycles. The number of nitrogens with two attached hydrogens (primary N) is 1. The largest absolute Gasteiger partial charge is 0.359 e. The number of rotatable bonds is 5. The van der Waals surface area contributed by atoms with Crippen LogP contribution in [0.2, 0.25) is 0 Å². The Morgan fingerprint density at radius 2 is 1.47 bits per heavy atom. The number of hydrazine groups is 1. The molecule has 1 amide bonds. The second kappa shape index (κ2) is 6.68. The average Bonchev–Trinajstić information content (AvgIpc) is 2.49. The summed E-state index contributed by atoms with van der Waals surface area (Å²) >= 11 is 0. The Kier molecular flexibility index (Phi) is 4.66. The number of hydrogen-bond donors (Lipinski definition) is 2. The third-order valence-corrected chi connectivity index (χ3v) is 2.75. The van der Waals surface area contributed by atoms with E-state index in [1.807, 2.05) is 60.7 Å². The number of ether oxygens (including phenoxy) is 1. The molecule has 2 aromatic carbocycles. The van der Waals surface area contributed by atoms with Gasteiger partial charge in [-0.25, -0.2) is 5.84 Å². The minimum Gasteiger partial charge on any atom is -0.359 e. The maximum absolute atomic E-state index is 11.2. The summed E-state index contributed by atoms with van der Waals surface area (Å²) < 4.78 is 5.67. The lowest BCUT2D eigenvalue weighted by molar-refractivity contribution is -0.127. The van der Waals surface area contributed by atoms with E-state index in [0.717, 1.165) is 11.1 Å². The monoisotopic (exact) mass is 256 g/mol. The van der Waals surface area contributed by atoms with Crippen LogP contribution in [-0.4, -0.2) is 12.5 Å². The molecule has 19 heavy (non-hydrogen) atoms. The van der Waals surface area contributed by atoms with Crippen LogP contribution < -0.4 is 11.3 Å². The van der Waals surface area contributed by atoms with Crippen LogP contribution >= 0.6 is 0 Å². The highest BCUT2D eigenvalue weighted by Crippen LogP contribution is 2.25. The predicted octanol–water partition coefficient (Wildman–Crippen LogP) is 1.78. The molecule has 3 N–H and O–H groups in total. The number of carbonyl (C=O) groups excluding carboxylic acids is 1. The van der Waals surface area contributed by atoms with Gasteiger partial charge in [-0.05, 0) is 11.1 Å². The number of benzene rings is 2. The predicted molar refractivity (Wildman–Crippen MR) is 73.0 cm³/mol. The number of nitrogens with one attached hydrogen (secondary N) is 1. The van der Waals surface area contributed by atoms with E-state index in [2.05, 4.69) is 5.43 Å². The standard InChI is InChI=1S/C15H16N2O2/c16-17-14(18)11-19-15(12-7-3-1-4-8-12)13-9-5-2-6-10-13/h1-10,15H,11,16H2,(H,17,18). The highest BCUT2D eigenvalue weighted by molar-refractivity contribution is 5.76. The second-order valence-corrected chi connectivity index (χ2v) is 4.08. The van der Waals surface area contributed by atoms with Crippen molar-refractivity contribution in [3.8, 4) is 0 Å². The maximum atomic E-state index is 11.2. The minimum absolute atomic E-state index is 0.0784. The summed E-state index contributed by atoms with van der Waals surface area (Å²) in [5, 5.41) is 0. The summed E-state index contributed by atoms with van der Waals surface area (Å²) in [5.74, 6) is 4.71. The fourth-order valence-electron chi connectivity index (χ4n) is 1.84. The molecule has 0 aromatic heterocycles. The van der Waals surface area contributed by atoms with Gasteiger partial charge in [-0.2, -0.15) is 0 Å². The molecule has 0 saturated carbocycles. The molecule has 0 spiro atoms. The van der Waals surface area contributed by atoms with Crippen molar-refractivity contribution in [1.82, 2.24) is 5.43 Å². The van der Waals surface area contributed by atoms with Crippen molar-refractivity contribution in [3.05, 3.63) is 71.8 Å². The molecule has 4 heteroatoms. The molecule has 0 unspecified atom stereocenters. The normalized spacial score (nSPS) is 10.4. The molecule has 0 aliphatic rings. The first-order valence-corrected chi connectivity index (χ1v) is 6.02. The molecule has 0 aliphatic heterocycles. The zero-order valence-corrected chi connectivity index (χ0v) is 10.5. The van der Waals surface area contributed by atoms with Gasteiger partial charge in [0, 0.05) is 0 Å². The fourth-order valence-corrected chi connectivity index (χ4v) is 1.84. The topological polar surface area (TPSA) is 64.3 Å². The Morgan fingerprint density at radius 1 is 1.00 bits per heavy atom. The molecule has 0 saturated heterocycles. The van der Waals surface area contributed by atoms with Gasteiger partial charge in [0.2, 0.25) is 0 Å². The lowest BCUT2D eigenvalue weighted by Gasteiger charge is -2.18. The smallest absolute Gasteiger partial charge is 0.259 e. The molecular weight excluding hydrogens is 240 g/mol. The lowest BCUT2D eigenvalue weighted by Crippen LogP contribution is -2.33. The summed E-state index contributed by atoms with van der Waals surface area (Å²) in [4.78, 5) is 11.2. The van der Waals surface area contributed by atoms with Gasteiger partial charge < -0.3 is 4.74 Å². The summed E-state index contributed by atoms with van der Waals surface area (Å²) in [5.41, 5.74) is 4.06. The van der Waals surface area contributed by atoms with Crippen molar-refractivity contribution < 1.29 is 9.53 Å². The molecule has 0 aliphatic carbocycles. The van der Waals surface area contributed by atoms with Crippen LogP contribution in [0.15, 0.2) is 60.7 Å². The van der Waals surface area contributed by atoms with E-state index in [9.17, 15) is 4.79 Å². The van der Waals surface area contributed by atoms with E-state index in [1.165, 1.54) is 0 Å². The molecule has 0 fully saturated rings. The summed E-state index contributed by atoms with van der Waals surface area (Å²) in [6, 6.07) is 19.5. The quantitative estimate of drug-likeness (QED) is 0.487. The van der Waals surface area contributed by atoms with Gasteiger partial charge >= 0.3 is 0 Å². The van der Waals surface area contributed by atoms with Crippen molar-refractivity contribution in [2.75, 3.05) is 6.61 Å². The van der Waals surface area contributed by atoms with Crippen molar-refractivity contribution in [2.45, 2.75) is 6.10 Å². The first kappa shape index (κ1) is 13.3. The van der Waals surface area contributed by atoms with Gasteiger partial charge in [0.15, 0.2) is 0 Å². The van der Waals surface area contributed by atoms with Gasteiger partial charge in [0.05, 0.1) is 0 Å². The average molecular weight is 256 g/mol. The van der Waals surface area contributed by atoms with Crippen LogP contribution in [-0.2, 0) is 9.53 Å². The van der Waals surface area contributed by atoms with E-state index in [-0.39, 0.29) is 18.6 Å². The Balaban J connectivity index is 2.21.